The molecule has 0 radical (unpaired) electrons. The van der Waals surface area contributed by atoms with Gasteiger partial charge in [0.25, 0.3) is 0 Å². The lowest BCUT2D eigenvalue weighted by molar-refractivity contribution is -0.145. The van der Waals surface area contributed by atoms with Gasteiger partial charge < -0.3 is 20.5 Å². The van der Waals surface area contributed by atoms with Gasteiger partial charge in [-0.15, -0.1) is 0 Å². The zero-order valence-electron chi connectivity index (χ0n) is 12.3. The van der Waals surface area contributed by atoms with Crippen LogP contribution in [0.5, 0.6) is 0 Å². The quantitative estimate of drug-likeness (QED) is 0.543. The van der Waals surface area contributed by atoms with E-state index in [0.29, 0.717) is 13.0 Å². The minimum absolute atomic E-state index is 0.277. The predicted molar refractivity (Wildman–Crippen MR) is 72.7 cm³/mol. The van der Waals surface area contributed by atoms with Gasteiger partial charge in [0.1, 0.15) is 11.6 Å². The maximum Gasteiger partial charge on any atom is 0.407 e. The van der Waals surface area contributed by atoms with Gasteiger partial charge in [-0.2, -0.15) is 0 Å². The van der Waals surface area contributed by atoms with Crippen molar-refractivity contribution >= 4 is 12.1 Å². The second kappa shape index (κ2) is 8.74. The van der Waals surface area contributed by atoms with Crippen molar-refractivity contribution in [2.24, 2.45) is 5.73 Å². The second-order valence-electron chi connectivity index (χ2n) is 5.34. The normalized spacial score (nSPS) is 12.7. The van der Waals surface area contributed by atoms with Gasteiger partial charge >= 0.3 is 12.1 Å². The van der Waals surface area contributed by atoms with Crippen molar-refractivity contribution in [3.05, 3.63) is 0 Å². The Kier molecular flexibility index (Phi) is 8.14. The molecule has 3 N–H and O–H groups in total. The van der Waals surface area contributed by atoms with Crippen LogP contribution in [-0.2, 0) is 14.3 Å². The summed E-state index contributed by atoms with van der Waals surface area (Å²) in [5, 5.41) is 2.54. The fourth-order valence-electron chi connectivity index (χ4n) is 1.19. The summed E-state index contributed by atoms with van der Waals surface area (Å²) in [6, 6.07) is -0.716. The number of amides is 1. The van der Waals surface area contributed by atoms with E-state index >= 15 is 0 Å². The average molecular weight is 274 g/mol. The fraction of sp³-hybridized carbons (Fsp3) is 0.846. The number of nitrogens with one attached hydrogen (secondary N) is 1. The van der Waals surface area contributed by atoms with Crippen LogP contribution >= 0.6 is 0 Å². The number of hydrogen-bond acceptors (Lipinski definition) is 5. The van der Waals surface area contributed by atoms with Gasteiger partial charge in [0.15, 0.2) is 0 Å². The van der Waals surface area contributed by atoms with Crippen LogP contribution in [0.4, 0.5) is 4.79 Å². The number of rotatable bonds is 7. The largest absolute Gasteiger partial charge is 0.465 e. The molecule has 0 unspecified atom stereocenters. The molecule has 0 rings (SSSR count). The number of ether oxygens (including phenoxy) is 2. The summed E-state index contributed by atoms with van der Waals surface area (Å²) in [5.41, 5.74) is 5.11. The first-order chi connectivity index (χ1) is 8.76. The molecule has 0 heterocycles. The van der Waals surface area contributed by atoms with Gasteiger partial charge in [-0.05, 0) is 33.6 Å². The van der Waals surface area contributed by atoms with Crippen molar-refractivity contribution in [3.63, 3.8) is 0 Å². The van der Waals surface area contributed by atoms with Crippen molar-refractivity contribution in [1.29, 1.82) is 0 Å². The van der Waals surface area contributed by atoms with E-state index in [-0.39, 0.29) is 6.54 Å². The summed E-state index contributed by atoms with van der Waals surface area (Å²) in [4.78, 5) is 22.8. The van der Waals surface area contributed by atoms with Crippen LogP contribution in [0.3, 0.4) is 0 Å². The van der Waals surface area contributed by atoms with Crippen LogP contribution in [0.15, 0.2) is 0 Å². The average Bonchev–Trinajstić information content (AvgIpc) is 2.26. The molecular weight excluding hydrogens is 248 g/mol. The van der Waals surface area contributed by atoms with E-state index in [1.165, 1.54) is 0 Å². The molecule has 0 aromatic heterocycles. The third kappa shape index (κ3) is 10.3. The van der Waals surface area contributed by atoms with E-state index in [9.17, 15) is 9.59 Å². The van der Waals surface area contributed by atoms with Gasteiger partial charge in [-0.3, -0.25) is 4.79 Å². The van der Waals surface area contributed by atoms with Crippen molar-refractivity contribution in [1.82, 2.24) is 5.32 Å². The highest BCUT2D eigenvalue weighted by Crippen LogP contribution is 2.06. The van der Waals surface area contributed by atoms with Gasteiger partial charge in [0.2, 0.25) is 0 Å². The lowest BCUT2D eigenvalue weighted by atomic mass is 10.2. The molecule has 0 bridgehead atoms. The van der Waals surface area contributed by atoms with Crippen molar-refractivity contribution in [3.8, 4) is 0 Å². The van der Waals surface area contributed by atoms with E-state index in [2.05, 4.69) is 5.32 Å². The monoisotopic (exact) mass is 274 g/mol. The summed E-state index contributed by atoms with van der Waals surface area (Å²) in [5.74, 6) is -0.431. The Morgan fingerprint density at radius 1 is 1.32 bits per heavy atom. The van der Waals surface area contributed by atoms with Crippen LogP contribution in [0.25, 0.3) is 0 Å². The Balaban J connectivity index is 3.76. The Morgan fingerprint density at radius 3 is 2.47 bits per heavy atom. The molecule has 6 heteroatoms. The molecule has 6 nitrogen and oxygen atoms in total. The summed E-state index contributed by atoms with van der Waals surface area (Å²) < 4.78 is 10.0. The summed E-state index contributed by atoms with van der Waals surface area (Å²) >= 11 is 0. The first-order valence-corrected chi connectivity index (χ1v) is 6.65. The van der Waals surface area contributed by atoms with Gasteiger partial charge in [0, 0.05) is 6.54 Å². The molecule has 0 saturated carbocycles. The fourth-order valence-corrected chi connectivity index (χ4v) is 1.19. The molecule has 1 atom stereocenters. The Morgan fingerprint density at radius 2 is 1.95 bits per heavy atom. The smallest absolute Gasteiger partial charge is 0.407 e. The number of hydrogen-bond donors (Lipinski definition) is 2. The maximum atomic E-state index is 11.4. The van der Waals surface area contributed by atoms with Crippen molar-refractivity contribution in [2.45, 2.75) is 58.6 Å². The van der Waals surface area contributed by atoms with E-state index in [1.54, 1.807) is 20.8 Å². The molecule has 0 spiro atoms. The SMILES string of the molecule is CCCCOC(=O)[C@@H](N)CCNC(=O)OC(C)(C)C. The van der Waals surface area contributed by atoms with E-state index in [0.717, 1.165) is 12.8 Å². The molecule has 0 aromatic rings. The van der Waals surface area contributed by atoms with Crippen LogP contribution < -0.4 is 11.1 Å². The molecule has 0 aliphatic carbocycles. The highest BCUT2D eigenvalue weighted by atomic mass is 16.6. The Hall–Kier alpha value is -1.30. The molecule has 1 amide bonds. The van der Waals surface area contributed by atoms with E-state index < -0.39 is 23.7 Å². The van der Waals surface area contributed by atoms with Crippen LogP contribution in [-0.4, -0.2) is 36.9 Å². The summed E-state index contributed by atoms with van der Waals surface area (Å²) in [7, 11) is 0. The van der Waals surface area contributed by atoms with Crippen molar-refractivity contribution < 1.29 is 19.1 Å². The zero-order chi connectivity index (χ0) is 14.9. The standard InChI is InChI=1S/C13H26N2O4/c1-5-6-9-18-11(16)10(14)7-8-15-12(17)19-13(2,3)4/h10H,5-9,14H2,1-4H3,(H,15,17)/t10-/m0/s1. The number of unbranched alkanes of at least 4 members (excludes halogenated alkanes) is 1. The number of alkyl carbamates (subject to hydrolysis) is 1. The Bertz CT molecular complexity index is 287. The van der Waals surface area contributed by atoms with Crippen LogP contribution in [0, 0.1) is 0 Å². The number of esters is 1. The third-order valence-electron chi connectivity index (χ3n) is 2.17. The van der Waals surface area contributed by atoms with E-state index in [1.807, 2.05) is 6.92 Å². The van der Waals surface area contributed by atoms with Gasteiger partial charge in [0.05, 0.1) is 6.61 Å². The van der Waals surface area contributed by atoms with Gasteiger partial charge in [-0.25, -0.2) is 4.79 Å². The molecule has 19 heavy (non-hydrogen) atoms. The maximum absolute atomic E-state index is 11.4. The number of carbonyl (C=O) groups excluding carboxylic acids is 2. The Labute approximate surface area is 115 Å². The van der Waals surface area contributed by atoms with E-state index in [4.69, 9.17) is 15.2 Å². The molecule has 0 aromatic carbocycles. The van der Waals surface area contributed by atoms with Gasteiger partial charge in [-0.1, -0.05) is 13.3 Å². The number of carbonyl (C=O) groups is 2. The summed E-state index contributed by atoms with van der Waals surface area (Å²) in [6.45, 7) is 8.02. The van der Waals surface area contributed by atoms with Crippen molar-refractivity contribution in [2.75, 3.05) is 13.2 Å². The zero-order valence-corrected chi connectivity index (χ0v) is 12.3. The highest BCUT2D eigenvalue weighted by Gasteiger charge is 2.18. The first kappa shape index (κ1) is 17.7. The molecule has 0 aliphatic heterocycles. The molecule has 0 fully saturated rings. The number of nitrogens with two attached hydrogens (primary N) is 1. The molecule has 112 valence electrons. The lowest BCUT2D eigenvalue weighted by Gasteiger charge is -2.20. The third-order valence-corrected chi connectivity index (χ3v) is 2.17. The first-order valence-electron chi connectivity index (χ1n) is 6.65. The topological polar surface area (TPSA) is 90.6 Å². The predicted octanol–water partition coefficient (Wildman–Crippen LogP) is 1.57. The minimum atomic E-state index is -0.716. The second-order valence-corrected chi connectivity index (χ2v) is 5.34. The van der Waals surface area contributed by atoms with Crippen LogP contribution in [0.2, 0.25) is 0 Å². The highest BCUT2D eigenvalue weighted by molar-refractivity contribution is 5.75. The molecule has 0 saturated heterocycles. The minimum Gasteiger partial charge on any atom is -0.465 e. The molecule has 0 aliphatic rings. The molecular formula is C13H26N2O4. The lowest BCUT2D eigenvalue weighted by Crippen LogP contribution is -2.38. The van der Waals surface area contributed by atoms with Crippen LogP contribution in [0.1, 0.15) is 47.0 Å². The summed E-state index contributed by atoms with van der Waals surface area (Å²) in [6.07, 6.45) is 1.60.